The first kappa shape index (κ1) is 27.8. The van der Waals surface area contributed by atoms with Gasteiger partial charge in [-0.15, -0.1) is 10.2 Å². The molecule has 0 atom stereocenters. The van der Waals surface area contributed by atoms with E-state index < -0.39 is 10.0 Å². The lowest BCUT2D eigenvalue weighted by molar-refractivity contribution is 0.151. The van der Waals surface area contributed by atoms with E-state index >= 15 is 0 Å². The average molecular weight is 623 g/mol. The fourth-order valence-electron chi connectivity index (χ4n) is 4.96. The van der Waals surface area contributed by atoms with Gasteiger partial charge in [0.1, 0.15) is 17.6 Å². The summed E-state index contributed by atoms with van der Waals surface area (Å²) in [7, 11) is -3.78. The zero-order chi connectivity index (χ0) is 27.7. The van der Waals surface area contributed by atoms with Gasteiger partial charge in [-0.25, -0.2) is 17.6 Å². The molecule has 1 aliphatic heterocycles. The number of rotatable bonds is 10. The summed E-state index contributed by atoms with van der Waals surface area (Å²) < 4.78 is 38.5. The highest BCUT2D eigenvalue weighted by Gasteiger charge is 2.30. The number of aryl methyl sites for hydroxylation is 1. The molecule has 0 saturated carbocycles. The van der Waals surface area contributed by atoms with E-state index in [4.69, 9.17) is 4.74 Å². The second kappa shape index (κ2) is 11.4. The number of aliphatic hydroxyl groups excluding tert-OH is 1. The summed E-state index contributed by atoms with van der Waals surface area (Å²) in [6.07, 6.45) is 2.91. The maximum Gasteiger partial charge on any atom is 0.335 e. The standard InChI is InChI=1S/C25H32BrN7O5S/c1-3-7-32-23-20(26)21(28-22(23)24-29-27-16-33(24)25(32)35)18-15-17(5-6-19(18)38-14-4-2)39(36,37)31-10-8-30(9-11-31)12-13-34/h5-6,15-16,28,34H,3-4,7-14H2,1-2H3. The van der Waals surface area contributed by atoms with Gasteiger partial charge in [0.25, 0.3) is 0 Å². The SMILES string of the molecule is CCCOc1ccc(S(=O)(=O)N2CCN(CCO)CC2)cc1-c1[nH]c2c(c1Br)n(CCC)c(=O)n1cnnc21. The highest BCUT2D eigenvalue weighted by Crippen LogP contribution is 2.41. The number of β-amino-alcohol motifs (C(OH)–C–C–N with tert-alkyl or cyclic N) is 1. The number of aliphatic hydroxyl groups is 1. The highest BCUT2D eigenvalue weighted by molar-refractivity contribution is 9.10. The van der Waals surface area contributed by atoms with Crippen molar-refractivity contribution < 1.29 is 18.3 Å². The van der Waals surface area contributed by atoms with E-state index in [0.717, 1.165) is 12.8 Å². The number of aromatic nitrogens is 5. The fraction of sp³-hybridized carbons (Fsp3) is 0.480. The lowest BCUT2D eigenvalue weighted by Gasteiger charge is -2.33. The minimum absolute atomic E-state index is 0.0436. The van der Waals surface area contributed by atoms with Crippen LogP contribution >= 0.6 is 15.9 Å². The molecule has 39 heavy (non-hydrogen) atoms. The van der Waals surface area contributed by atoms with Crippen LogP contribution in [0.3, 0.4) is 0 Å². The van der Waals surface area contributed by atoms with Crippen molar-refractivity contribution in [1.82, 2.24) is 33.4 Å². The van der Waals surface area contributed by atoms with E-state index in [0.29, 0.717) is 84.0 Å². The van der Waals surface area contributed by atoms with Crippen LogP contribution in [0, 0.1) is 0 Å². The third kappa shape index (κ3) is 4.99. The number of aromatic amines is 1. The van der Waals surface area contributed by atoms with Gasteiger partial charge in [-0.3, -0.25) is 9.47 Å². The van der Waals surface area contributed by atoms with Crippen molar-refractivity contribution in [3.8, 4) is 17.0 Å². The molecule has 2 N–H and O–H groups in total. The van der Waals surface area contributed by atoms with Crippen LogP contribution in [0.2, 0.25) is 0 Å². The van der Waals surface area contributed by atoms with Crippen molar-refractivity contribution in [2.75, 3.05) is 45.9 Å². The summed E-state index contributed by atoms with van der Waals surface area (Å²) in [5.41, 5.74) is 2.51. The Bertz CT molecular complexity index is 1650. The van der Waals surface area contributed by atoms with Crippen LogP contribution in [0.5, 0.6) is 5.75 Å². The molecule has 0 unspecified atom stereocenters. The van der Waals surface area contributed by atoms with Crippen molar-refractivity contribution in [3.63, 3.8) is 0 Å². The Hall–Kier alpha value is -2.78. The largest absolute Gasteiger partial charge is 0.493 e. The lowest BCUT2D eigenvalue weighted by Crippen LogP contribution is -2.49. The molecule has 0 amide bonds. The molecular formula is C25H32BrN7O5S. The van der Waals surface area contributed by atoms with E-state index in [9.17, 15) is 18.3 Å². The molecule has 0 aliphatic carbocycles. The maximum absolute atomic E-state index is 13.7. The number of benzene rings is 1. The summed E-state index contributed by atoms with van der Waals surface area (Å²) in [6, 6.07) is 4.88. The Morgan fingerprint density at radius 2 is 1.90 bits per heavy atom. The monoisotopic (exact) mass is 621 g/mol. The Balaban J connectivity index is 1.65. The molecule has 210 valence electrons. The Morgan fingerprint density at radius 1 is 1.13 bits per heavy atom. The quantitative estimate of drug-likeness (QED) is 0.275. The van der Waals surface area contributed by atoms with E-state index in [1.807, 2.05) is 18.7 Å². The third-order valence-corrected chi connectivity index (χ3v) is 9.57. The first-order valence-corrected chi connectivity index (χ1v) is 15.3. The molecular weight excluding hydrogens is 590 g/mol. The van der Waals surface area contributed by atoms with E-state index in [2.05, 4.69) is 31.1 Å². The number of nitrogens with zero attached hydrogens (tertiary/aromatic N) is 6. The molecule has 1 aromatic carbocycles. The molecule has 0 spiro atoms. The molecule has 1 aliphatic rings. The first-order chi connectivity index (χ1) is 18.8. The normalized spacial score (nSPS) is 15.5. The van der Waals surface area contributed by atoms with Crippen molar-refractivity contribution in [2.24, 2.45) is 0 Å². The smallest absolute Gasteiger partial charge is 0.335 e. The number of hydrogen-bond acceptors (Lipinski definition) is 8. The first-order valence-electron chi connectivity index (χ1n) is 13.1. The van der Waals surface area contributed by atoms with E-state index in [-0.39, 0.29) is 17.2 Å². The molecule has 12 nitrogen and oxygen atoms in total. The minimum atomic E-state index is -3.78. The van der Waals surface area contributed by atoms with Gasteiger partial charge in [0.15, 0.2) is 5.65 Å². The van der Waals surface area contributed by atoms with Crippen LogP contribution in [0.15, 0.2) is 38.7 Å². The van der Waals surface area contributed by atoms with Crippen LogP contribution in [0.4, 0.5) is 0 Å². The van der Waals surface area contributed by atoms with Crippen molar-refractivity contribution in [2.45, 2.75) is 38.1 Å². The molecule has 4 aromatic rings. The topological polar surface area (TPSA) is 138 Å². The number of H-pyrrole nitrogens is 1. The zero-order valence-electron chi connectivity index (χ0n) is 21.9. The summed E-state index contributed by atoms with van der Waals surface area (Å²) >= 11 is 3.70. The van der Waals surface area contributed by atoms with Crippen LogP contribution in [0.25, 0.3) is 27.9 Å². The zero-order valence-corrected chi connectivity index (χ0v) is 24.3. The van der Waals surface area contributed by atoms with Crippen molar-refractivity contribution >= 4 is 42.6 Å². The Morgan fingerprint density at radius 3 is 2.59 bits per heavy atom. The van der Waals surface area contributed by atoms with Gasteiger partial charge in [0.05, 0.1) is 33.8 Å². The van der Waals surface area contributed by atoms with Crippen LogP contribution in [-0.4, -0.2) is 92.8 Å². The van der Waals surface area contributed by atoms with Gasteiger partial charge in [-0.05, 0) is 47.0 Å². The number of fused-ring (bicyclic) bond motifs is 3. The van der Waals surface area contributed by atoms with Gasteiger partial charge < -0.3 is 14.8 Å². The van der Waals surface area contributed by atoms with E-state index in [1.54, 1.807) is 22.8 Å². The van der Waals surface area contributed by atoms with Gasteiger partial charge in [0, 0.05) is 44.8 Å². The number of sulfonamides is 1. The van der Waals surface area contributed by atoms with E-state index in [1.165, 1.54) is 15.0 Å². The number of hydrogen-bond donors (Lipinski definition) is 2. The molecule has 0 radical (unpaired) electrons. The number of ether oxygens (including phenoxy) is 1. The predicted molar refractivity (Wildman–Crippen MR) is 151 cm³/mol. The summed E-state index contributed by atoms with van der Waals surface area (Å²) in [6.45, 7) is 7.30. The summed E-state index contributed by atoms with van der Waals surface area (Å²) in [5, 5.41) is 17.3. The summed E-state index contributed by atoms with van der Waals surface area (Å²) in [5.74, 6) is 0.526. The Labute approximate surface area is 234 Å². The molecule has 4 heterocycles. The second-order valence-corrected chi connectivity index (χ2v) is 12.2. The molecule has 1 fully saturated rings. The van der Waals surface area contributed by atoms with Crippen molar-refractivity contribution in [1.29, 1.82) is 0 Å². The number of piperazine rings is 1. The molecule has 1 saturated heterocycles. The average Bonchev–Trinajstić information content (AvgIpc) is 3.55. The predicted octanol–water partition coefficient (Wildman–Crippen LogP) is 2.30. The van der Waals surface area contributed by atoms with Gasteiger partial charge in [-0.2, -0.15) is 4.31 Å². The lowest BCUT2D eigenvalue weighted by atomic mass is 10.1. The molecule has 14 heteroatoms. The van der Waals surface area contributed by atoms with Crippen molar-refractivity contribution in [3.05, 3.63) is 39.5 Å². The Kier molecular flexibility index (Phi) is 8.10. The third-order valence-electron chi connectivity index (χ3n) is 6.91. The molecule has 3 aromatic heterocycles. The summed E-state index contributed by atoms with van der Waals surface area (Å²) in [4.78, 5) is 18.8. The van der Waals surface area contributed by atoms with Crippen LogP contribution in [0.1, 0.15) is 26.7 Å². The molecule has 5 rings (SSSR count). The van der Waals surface area contributed by atoms with Crippen LogP contribution < -0.4 is 10.4 Å². The minimum Gasteiger partial charge on any atom is -0.493 e. The van der Waals surface area contributed by atoms with Crippen LogP contribution in [-0.2, 0) is 16.6 Å². The molecule has 0 bridgehead atoms. The second-order valence-electron chi connectivity index (χ2n) is 9.47. The number of nitrogens with one attached hydrogen (secondary N) is 1. The van der Waals surface area contributed by atoms with Gasteiger partial charge in [-0.1, -0.05) is 13.8 Å². The van der Waals surface area contributed by atoms with Gasteiger partial charge >= 0.3 is 5.69 Å². The van der Waals surface area contributed by atoms with Gasteiger partial charge in [0.2, 0.25) is 10.0 Å². The highest BCUT2D eigenvalue weighted by atomic mass is 79.9. The fourth-order valence-corrected chi connectivity index (χ4v) is 7.13. The maximum atomic E-state index is 13.7. The number of halogens is 1.